The first-order valence-corrected chi connectivity index (χ1v) is 7.47. The Morgan fingerprint density at radius 2 is 2.05 bits per heavy atom. The molecule has 0 aliphatic carbocycles. The average Bonchev–Trinajstić information content (AvgIpc) is 2.99. The van der Waals surface area contributed by atoms with E-state index in [2.05, 4.69) is 11.5 Å². The Bertz CT molecular complexity index is 481. The molecular weight excluding hydrogens is 270 g/mol. The van der Waals surface area contributed by atoms with E-state index in [0.29, 0.717) is 13.2 Å². The van der Waals surface area contributed by atoms with Gasteiger partial charge in [-0.15, -0.1) is 0 Å². The van der Waals surface area contributed by atoms with Crippen molar-refractivity contribution in [1.29, 1.82) is 0 Å². The van der Waals surface area contributed by atoms with E-state index in [9.17, 15) is 0 Å². The van der Waals surface area contributed by atoms with Gasteiger partial charge in [0, 0.05) is 18.7 Å². The highest BCUT2D eigenvalue weighted by Crippen LogP contribution is 2.29. The van der Waals surface area contributed by atoms with Crippen molar-refractivity contribution in [2.24, 2.45) is 0 Å². The third-order valence-corrected chi connectivity index (χ3v) is 3.73. The van der Waals surface area contributed by atoms with E-state index in [4.69, 9.17) is 21.7 Å². The van der Waals surface area contributed by atoms with Crippen LogP contribution in [0.25, 0.3) is 0 Å². The molecule has 1 fully saturated rings. The molecule has 0 N–H and O–H groups in total. The van der Waals surface area contributed by atoms with Crippen LogP contribution >= 0.6 is 12.2 Å². The van der Waals surface area contributed by atoms with E-state index in [1.165, 1.54) is 12.8 Å². The fraction of sp³-hybridized carbons (Fsp3) is 0.438. The van der Waals surface area contributed by atoms with Crippen molar-refractivity contribution in [3.8, 4) is 11.5 Å². The van der Waals surface area contributed by atoms with Gasteiger partial charge in [0.05, 0.1) is 6.61 Å². The van der Waals surface area contributed by atoms with E-state index in [-0.39, 0.29) is 0 Å². The van der Waals surface area contributed by atoms with Gasteiger partial charge in [-0.05, 0) is 38.0 Å². The van der Waals surface area contributed by atoms with Gasteiger partial charge in [-0.2, -0.15) is 0 Å². The zero-order valence-corrected chi connectivity index (χ0v) is 12.7. The monoisotopic (exact) mass is 291 g/mol. The number of hydrogen-bond acceptors (Lipinski definition) is 3. The summed E-state index contributed by atoms with van der Waals surface area (Å²) in [7, 11) is 0. The van der Waals surface area contributed by atoms with Gasteiger partial charge in [0.2, 0.25) is 0 Å². The van der Waals surface area contributed by atoms with Gasteiger partial charge in [-0.25, -0.2) is 0 Å². The van der Waals surface area contributed by atoms with E-state index < -0.39 is 0 Å². The first-order valence-electron chi connectivity index (χ1n) is 7.06. The minimum absolute atomic E-state index is 0.468. The van der Waals surface area contributed by atoms with Crippen LogP contribution in [0.3, 0.4) is 0 Å². The molecule has 0 spiro atoms. The van der Waals surface area contributed by atoms with Crippen molar-refractivity contribution in [3.05, 3.63) is 36.4 Å². The molecule has 4 heteroatoms. The van der Waals surface area contributed by atoms with Crippen LogP contribution in [0.1, 0.15) is 25.3 Å². The number of thiocarbonyl (C=S) groups is 1. The van der Waals surface area contributed by atoms with Crippen molar-refractivity contribution in [3.63, 3.8) is 0 Å². The SMILES string of the molecule is C=CCOc1ccc(C(=S)N2CCCC2)cc1OCC. The summed E-state index contributed by atoms with van der Waals surface area (Å²) in [5.74, 6) is 1.48. The molecule has 1 aromatic carbocycles. The highest BCUT2D eigenvalue weighted by atomic mass is 32.1. The standard InChI is InChI=1S/C16H21NO2S/c1-3-11-19-14-8-7-13(12-15(14)18-4-2)16(20)17-9-5-6-10-17/h3,7-8,12H,1,4-6,9-11H2,2H3. The lowest BCUT2D eigenvalue weighted by molar-refractivity contribution is 0.297. The zero-order valence-electron chi connectivity index (χ0n) is 11.9. The first kappa shape index (κ1) is 14.9. The Labute approximate surface area is 126 Å². The van der Waals surface area contributed by atoms with Gasteiger partial charge in [0.1, 0.15) is 11.6 Å². The third-order valence-electron chi connectivity index (χ3n) is 3.24. The summed E-state index contributed by atoms with van der Waals surface area (Å²) in [6.07, 6.45) is 4.16. The maximum absolute atomic E-state index is 5.65. The molecule has 1 heterocycles. The third kappa shape index (κ3) is 3.51. The molecule has 20 heavy (non-hydrogen) atoms. The topological polar surface area (TPSA) is 21.7 Å². The van der Waals surface area contributed by atoms with Crippen molar-refractivity contribution in [1.82, 2.24) is 4.90 Å². The second-order valence-corrected chi connectivity index (χ2v) is 5.08. The number of benzene rings is 1. The zero-order chi connectivity index (χ0) is 14.4. The summed E-state index contributed by atoms with van der Waals surface area (Å²) in [5.41, 5.74) is 1.02. The van der Waals surface area contributed by atoms with Crippen molar-refractivity contribution in [2.45, 2.75) is 19.8 Å². The molecule has 1 aliphatic rings. The van der Waals surface area contributed by atoms with E-state index >= 15 is 0 Å². The summed E-state index contributed by atoms with van der Waals surface area (Å²) < 4.78 is 11.2. The molecule has 0 atom stereocenters. The molecule has 0 unspecified atom stereocenters. The Morgan fingerprint density at radius 1 is 1.30 bits per heavy atom. The molecular formula is C16H21NO2S. The van der Waals surface area contributed by atoms with Gasteiger partial charge in [-0.1, -0.05) is 24.9 Å². The smallest absolute Gasteiger partial charge is 0.161 e. The Hall–Kier alpha value is -1.55. The Morgan fingerprint density at radius 3 is 2.70 bits per heavy atom. The average molecular weight is 291 g/mol. The number of ether oxygens (including phenoxy) is 2. The lowest BCUT2D eigenvalue weighted by Crippen LogP contribution is -2.26. The molecule has 0 saturated carbocycles. The molecule has 2 rings (SSSR count). The number of hydrogen-bond donors (Lipinski definition) is 0. The molecule has 0 radical (unpaired) electrons. The van der Waals surface area contributed by atoms with Crippen LogP contribution in [0.15, 0.2) is 30.9 Å². The van der Waals surface area contributed by atoms with Crippen molar-refractivity contribution < 1.29 is 9.47 Å². The van der Waals surface area contributed by atoms with E-state index in [0.717, 1.165) is 35.1 Å². The van der Waals surface area contributed by atoms with Gasteiger partial charge < -0.3 is 14.4 Å². The summed E-state index contributed by atoms with van der Waals surface area (Å²) in [5, 5.41) is 0. The van der Waals surface area contributed by atoms with Crippen LogP contribution < -0.4 is 9.47 Å². The van der Waals surface area contributed by atoms with Crippen LogP contribution in [0.5, 0.6) is 11.5 Å². The van der Waals surface area contributed by atoms with Crippen molar-refractivity contribution in [2.75, 3.05) is 26.3 Å². The fourth-order valence-electron chi connectivity index (χ4n) is 2.28. The fourth-order valence-corrected chi connectivity index (χ4v) is 2.59. The van der Waals surface area contributed by atoms with Gasteiger partial charge >= 0.3 is 0 Å². The van der Waals surface area contributed by atoms with E-state index in [1.54, 1.807) is 6.08 Å². The van der Waals surface area contributed by atoms with Crippen LogP contribution in [0.4, 0.5) is 0 Å². The second kappa shape index (κ2) is 7.29. The number of likely N-dealkylation sites (tertiary alicyclic amines) is 1. The molecule has 0 amide bonds. The van der Waals surface area contributed by atoms with Crippen LogP contribution in [0, 0.1) is 0 Å². The summed E-state index contributed by atoms with van der Waals surface area (Å²) in [6, 6.07) is 5.90. The van der Waals surface area contributed by atoms with E-state index in [1.807, 2.05) is 25.1 Å². The highest BCUT2D eigenvalue weighted by Gasteiger charge is 2.17. The Kier molecular flexibility index (Phi) is 5.41. The van der Waals surface area contributed by atoms with Gasteiger partial charge in [-0.3, -0.25) is 0 Å². The molecule has 0 bridgehead atoms. The Balaban J connectivity index is 2.19. The van der Waals surface area contributed by atoms with Gasteiger partial charge in [0.15, 0.2) is 11.5 Å². The molecule has 0 aromatic heterocycles. The summed E-state index contributed by atoms with van der Waals surface area (Å²) >= 11 is 5.57. The van der Waals surface area contributed by atoms with Crippen LogP contribution in [-0.2, 0) is 0 Å². The molecule has 108 valence electrons. The maximum Gasteiger partial charge on any atom is 0.161 e. The highest BCUT2D eigenvalue weighted by molar-refractivity contribution is 7.80. The maximum atomic E-state index is 5.65. The number of rotatable bonds is 6. The van der Waals surface area contributed by atoms with Crippen LogP contribution in [-0.4, -0.2) is 36.2 Å². The lowest BCUT2D eigenvalue weighted by atomic mass is 10.2. The molecule has 1 saturated heterocycles. The first-order chi connectivity index (χ1) is 9.76. The normalized spacial score (nSPS) is 14.2. The largest absolute Gasteiger partial charge is 0.490 e. The molecule has 1 aromatic rings. The second-order valence-electron chi connectivity index (χ2n) is 4.69. The van der Waals surface area contributed by atoms with Crippen LogP contribution in [0.2, 0.25) is 0 Å². The predicted octanol–water partition coefficient (Wildman–Crippen LogP) is 3.42. The minimum Gasteiger partial charge on any atom is -0.490 e. The summed E-state index contributed by atoms with van der Waals surface area (Å²) in [4.78, 5) is 3.16. The molecule has 1 aliphatic heterocycles. The lowest BCUT2D eigenvalue weighted by Gasteiger charge is -2.20. The quantitative estimate of drug-likeness (QED) is 0.591. The molecule has 3 nitrogen and oxygen atoms in total. The minimum atomic E-state index is 0.468. The van der Waals surface area contributed by atoms with Crippen molar-refractivity contribution >= 4 is 17.2 Å². The number of nitrogens with zero attached hydrogens (tertiary/aromatic N) is 1. The summed E-state index contributed by atoms with van der Waals surface area (Å²) in [6.45, 7) is 8.79. The van der Waals surface area contributed by atoms with Gasteiger partial charge in [0.25, 0.3) is 0 Å². The predicted molar refractivity (Wildman–Crippen MR) is 85.8 cm³/mol.